The maximum atomic E-state index is 12.2. The van der Waals surface area contributed by atoms with Gasteiger partial charge in [0.15, 0.2) is 11.5 Å². The summed E-state index contributed by atoms with van der Waals surface area (Å²) in [5.41, 5.74) is 2.57. The van der Waals surface area contributed by atoms with Crippen molar-refractivity contribution in [1.29, 1.82) is 0 Å². The normalized spacial score (nSPS) is 27.1. The minimum Gasteiger partial charge on any atom is -0.440 e. The van der Waals surface area contributed by atoms with Gasteiger partial charge in [-0.2, -0.15) is 0 Å². The lowest BCUT2D eigenvalue weighted by Gasteiger charge is -2.57. The molecule has 1 amide bonds. The highest BCUT2D eigenvalue weighted by Crippen LogP contribution is 2.61. The van der Waals surface area contributed by atoms with Gasteiger partial charge in [-0.25, -0.2) is 4.98 Å². The third-order valence-electron chi connectivity index (χ3n) is 5.69. The quantitative estimate of drug-likeness (QED) is 0.748. The van der Waals surface area contributed by atoms with E-state index in [-0.39, 0.29) is 11.9 Å². The van der Waals surface area contributed by atoms with E-state index in [9.17, 15) is 4.79 Å². The van der Waals surface area contributed by atoms with Gasteiger partial charge in [0.1, 0.15) is 5.52 Å². The molecule has 2 aliphatic rings. The minimum atomic E-state index is -0.0374. The second-order valence-electron chi connectivity index (χ2n) is 7.59. The lowest BCUT2D eigenvalue weighted by Crippen LogP contribution is -2.55. The Morgan fingerprint density at radius 2 is 2.08 bits per heavy atom. The molecule has 132 valence electrons. The van der Waals surface area contributed by atoms with Crippen molar-refractivity contribution < 1.29 is 9.21 Å². The van der Waals surface area contributed by atoms with Gasteiger partial charge in [-0.05, 0) is 61.4 Å². The number of benzene rings is 1. The number of hydrogen-bond donors (Lipinski definition) is 1. The first-order valence-corrected chi connectivity index (χ1v) is 9.25. The predicted octanol–water partition coefficient (Wildman–Crippen LogP) is 4.33. The Bertz CT molecular complexity index is 971. The van der Waals surface area contributed by atoms with E-state index in [1.165, 1.54) is 0 Å². The second kappa shape index (κ2) is 5.81. The van der Waals surface area contributed by atoms with Crippen molar-refractivity contribution >= 4 is 28.6 Å². The van der Waals surface area contributed by atoms with Gasteiger partial charge < -0.3 is 9.73 Å². The van der Waals surface area contributed by atoms with Crippen LogP contribution in [-0.2, 0) is 0 Å². The zero-order valence-electron chi connectivity index (χ0n) is 14.1. The number of hydrogen-bond acceptors (Lipinski definition) is 4. The maximum Gasteiger partial charge on any atom is 0.253 e. The van der Waals surface area contributed by atoms with E-state index < -0.39 is 0 Å². The van der Waals surface area contributed by atoms with Gasteiger partial charge in [0.05, 0.1) is 5.56 Å². The summed E-state index contributed by atoms with van der Waals surface area (Å²) in [5, 5.41) is 3.78. The third-order valence-corrected chi connectivity index (χ3v) is 5.93. The van der Waals surface area contributed by atoms with Gasteiger partial charge in [-0.1, -0.05) is 11.6 Å². The summed E-state index contributed by atoms with van der Waals surface area (Å²) < 4.78 is 5.89. The number of amides is 1. The van der Waals surface area contributed by atoms with Crippen molar-refractivity contribution in [3.63, 3.8) is 0 Å². The van der Waals surface area contributed by atoms with E-state index in [1.807, 2.05) is 18.2 Å². The summed E-state index contributed by atoms with van der Waals surface area (Å²) in [6, 6.07) is 9.35. The molecule has 2 heterocycles. The number of aromatic nitrogens is 2. The van der Waals surface area contributed by atoms with E-state index in [1.54, 1.807) is 24.5 Å². The summed E-state index contributed by atoms with van der Waals surface area (Å²) in [6.07, 6.45) is 7.48. The van der Waals surface area contributed by atoms with Gasteiger partial charge >= 0.3 is 0 Å². The third kappa shape index (κ3) is 2.67. The maximum absolute atomic E-state index is 12.2. The van der Waals surface area contributed by atoms with Crippen molar-refractivity contribution in [2.45, 2.75) is 37.6 Å². The molecule has 26 heavy (non-hydrogen) atoms. The molecule has 6 heteroatoms. The molecule has 5 rings (SSSR count). The van der Waals surface area contributed by atoms with E-state index in [0.717, 1.165) is 42.7 Å². The van der Waals surface area contributed by atoms with Gasteiger partial charge in [-0.3, -0.25) is 9.78 Å². The number of nitrogens with one attached hydrogen (secondary N) is 1. The zero-order valence-corrected chi connectivity index (χ0v) is 14.9. The molecule has 1 N–H and O–H groups in total. The highest BCUT2D eigenvalue weighted by atomic mass is 35.5. The standard InChI is InChI=1S/C20H18ClN3O2/c21-14-3-4-17-16(6-14)24-19(26-17)13-7-20(8-13)9-15(10-20)23-18(25)12-2-1-5-22-11-12/h1-6,11,13,15H,7-10H2,(H,23,25). The van der Waals surface area contributed by atoms with Gasteiger partial charge in [0, 0.05) is 29.4 Å². The molecule has 0 radical (unpaired) electrons. The number of carbonyl (C=O) groups excluding carboxylic acids is 1. The van der Waals surface area contributed by atoms with Gasteiger partial charge in [-0.15, -0.1) is 0 Å². The van der Waals surface area contributed by atoms with Crippen LogP contribution in [0.3, 0.4) is 0 Å². The van der Waals surface area contributed by atoms with E-state index in [2.05, 4.69) is 15.3 Å². The largest absolute Gasteiger partial charge is 0.440 e. The van der Waals surface area contributed by atoms with Crippen LogP contribution < -0.4 is 5.32 Å². The van der Waals surface area contributed by atoms with Crippen molar-refractivity contribution in [2.24, 2.45) is 5.41 Å². The molecule has 2 aliphatic carbocycles. The van der Waals surface area contributed by atoms with E-state index >= 15 is 0 Å². The average molecular weight is 368 g/mol. The smallest absolute Gasteiger partial charge is 0.253 e. The Morgan fingerprint density at radius 1 is 1.23 bits per heavy atom. The Balaban J connectivity index is 1.18. The SMILES string of the molecule is O=C(NC1CC2(C1)CC(c1nc3cc(Cl)ccc3o1)C2)c1cccnc1. The molecular weight excluding hydrogens is 350 g/mol. The molecule has 3 aromatic rings. The molecule has 0 unspecified atom stereocenters. The van der Waals surface area contributed by atoms with Crippen LogP contribution >= 0.6 is 11.6 Å². The van der Waals surface area contributed by atoms with Crippen LogP contribution in [0.2, 0.25) is 5.02 Å². The number of nitrogens with zero attached hydrogens (tertiary/aromatic N) is 2. The number of rotatable bonds is 3. The van der Waals surface area contributed by atoms with Crippen LogP contribution in [0.5, 0.6) is 0 Å². The van der Waals surface area contributed by atoms with Gasteiger partial charge in [0.2, 0.25) is 0 Å². The Kier molecular flexibility index (Phi) is 3.54. The molecule has 1 aromatic carbocycles. The van der Waals surface area contributed by atoms with Crippen LogP contribution in [0.25, 0.3) is 11.1 Å². The summed E-state index contributed by atoms with van der Waals surface area (Å²) >= 11 is 6.01. The first-order chi connectivity index (χ1) is 12.6. The average Bonchev–Trinajstić information content (AvgIpc) is 2.98. The first-order valence-electron chi connectivity index (χ1n) is 8.87. The number of fused-ring (bicyclic) bond motifs is 1. The van der Waals surface area contributed by atoms with Crippen molar-refractivity contribution in [3.05, 3.63) is 59.2 Å². The molecule has 2 saturated carbocycles. The first kappa shape index (κ1) is 15.8. The number of oxazole rings is 1. The molecule has 2 aromatic heterocycles. The van der Waals surface area contributed by atoms with Crippen LogP contribution in [-0.4, -0.2) is 21.9 Å². The van der Waals surface area contributed by atoms with Crippen molar-refractivity contribution in [1.82, 2.24) is 15.3 Å². The Labute approximate surface area is 155 Å². The van der Waals surface area contributed by atoms with Crippen LogP contribution in [0.1, 0.15) is 47.8 Å². The lowest BCUT2D eigenvalue weighted by molar-refractivity contribution is -0.0253. The molecule has 0 saturated heterocycles. The highest BCUT2D eigenvalue weighted by molar-refractivity contribution is 6.31. The van der Waals surface area contributed by atoms with Gasteiger partial charge in [0.25, 0.3) is 5.91 Å². The predicted molar refractivity (Wildman–Crippen MR) is 98.2 cm³/mol. The molecule has 0 bridgehead atoms. The fraction of sp³-hybridized carbons (Fsp3) is 0.350. The molecule has 0 aliphatic heterocycles. The van der Waals surface area contributed by atoms with Crippen LogP contribution in [0, 0.1) is 5.41 Å². The molecule has 2 fully saturated rings. The van der Waals surface area contributed by atoms with Crippen LogP contribution in [0.15, 0.2) is 47.1 Å². The topological polar surface area (TPSA) is 68.0 Å². The number of halogens is 1. The Morgan fingerprint density at radius 3 is 2.85 bits per heavy atom. The van der Waals surface area contributed by atoms with E-state index in [0.29, 0.717) is 21.9 Å². The minimum absolute atomic E-state index is 0.0374. The number of carbonyl (C=O) groups is 1. The Hall–Kier alpha value is -2.40. The molecule has 0 atom stereocenters. The summed E-state index contributed by atoms with van der Waals surface area (Å²) in [6.45, 7) is 0. The molecular formula is C20H18ClN3O2. The molecule has 5 nitrogen and oxygen atoms in total. The highest BCUT2D eigenvalue weighted by Gasteiger charge is 2.54. The monoisotopic (exact) mass is 367 g/mol. The fourth-order valence-electron chi connectivity index (χ4n) is 4.44. The summed E-state index contributed by atoms with van der Waals surface area (Å²) in [5.74, 6) is 1.15. The summed E-state index contributed by atoms with van der Waals surface area (Å²) in [7, 11) is 0. The van der Waals surface area contributed by atoms with E-state index in [4.69, 9.17) is 16.0 Å². The van der Waals surface area contributed by atoms with Crippen molar-refractivity contribution in [3.8, 4) is 0 Å². The van der Waals surface area contributed by atoms with Crippen molar-refractivity contribution in [2.75, 3.05) is 0 Å². The number of pyridine rings is 1. The van der Waals surface area contributed by atoms with Crippen LogP contribution in [0.4, 0.5) is 0 Å². The lowest BCUT2D eigenvalue weighted by atomic mass is 9.50. The second-order valence-corrected chi connectivity index (χ2v) is 8.03. The molecule has 1 spiro atoms. The zero-order chi connectivity index (χ0) is 17.7. The fourth-order valence-corrected chi connectivity index (χ4v) is 4.61. The summed E-state index contributed by atoms with van der Waals surface area (Å²) in [4.78, 5) is 20.8.